The SMILES string of the molecule is C=CCOC(=O)C1=C(c2ccc(CN3CCOCC3)cc2)CC2CC(=O)N12. The van der Waals surface area contributed by atoms with Gasteiger partial charge in [-0.25, -0.2) is 4.79 Å². The molecule has 1 unspecified atom stereocenters. The highest BCUT2D eigenvalue weighted by molar-refractivity contribution is 6.05. The Kier molecular flexibility index (Phi) is 5.09. The second-order valence-electron chi connectivity index (χ2n) is 7.13. The molecule has 6 nitrogen and oxygen atoms in total. The molecule has 27 heavy (non-hydrogen) atoms. The van der Waals surface area contributed by atoms with Gasteiger partial charge >= 0.3 is 5.97 Å². The van der Waals surface area contributed by atoms with Crippen molar-refractivity contribution < 1.29 is 19.1 Å². The molecule has 2 saturated heterocycles. The smallest absolute Gasteiger partial charge is 0.355 e. The van der Waals surface area contributed by atoms with Crippen molar-refractivity contribution >= 4 is 17.4 Å². The number of nitrogens with zero attached hydrogens (tertiary/aromatic N) is 2. The Hall–Kier alpha value is -2.44. The van der Waals surface area contributed by atoms with Gasteiger partial charge in [0.25, 0.3) is 0 Å². The Morgan fingerprint density at radius 1 is 1.22 bits per heavy atom. The highest BCUT2D eigenvalue weighted by Gasteiger charge is 2.48. The van der Waals surface area contributed by atoms with Crippen LogP contribution in [0.5, 0.6) is 0 Å². The van der Waals surface area contributed by atoms with Crippen LogP contribution in [0, 0.1) is 0 Å². The van der Waals surface area contributed by atoms with Crippen LogP contribution >= 0.6 is 0 Å². The quantitative estimate of drug-likeness (QED) is 0.436. The maximum Gasteiger partial charge on any atom is 0.355 e. The Bertz CT molecular complexity index is 778. The van der Waals surface area contributed by atoms with Crippen LogP contribution in [-0.2, 0) is 25.6 Å². The van der Waals surface area contributed by atoms with Crippen LogP contribution in [0.3, 0.4) is 0 Å². The topological polar surface area (TPSA) is 59.1 Å². The zero-order valence-corrected chi connectivity index (χ0v) is 15.4. The molecule has 1 aromatic carbocycles. The van der Waals surface area contributed by atoms with Gasteiger partial charge in [-0.3, -0.25) is 9.69 Å². The van der Waals surface area contributed by atoms with Crippen molar-refractivity contribution in [3.05, 3.63) is 53.7 Å². The molecular formula is C21H24N2O4. The molecule has 0 saturated carbocycles. The molecule has 0 bridgehead atoms. The van der Waals surface area contributed by atoms with Gasteiger partial charge in [0.05, 0.1) is 19.3 Å². The average molecular weight is 368 g/mol. The predicted octanol–water partition coefficient (Wildman–Crippen LogP) is 1.96. The molecule has 4 rings (SSSR count). The van der Waals surface area contributed by atoms with E-state index in [1.807, 2.05) is 12.1 Å². The van der Waals surface area contributed by atoms with E-state index in [9.17, 15) is 9.59 Å². The van der Waals surface area contributed by atoms with E-state index in [0.717, 1.165) is 44.0 Å². The third-order valence-corrected chi connectivity index (χ3v) is 5.35. The fraction of sp³-hybridized carbons (Fsp3) is 0.429. The number of β-lactam (4-membered cyclic amide) rings is 1. The number of hydrogen-bond donors (Lipinski definition) is 0. The molecular weight excluding hydrogens is 344 g/mol. The molecule has 142 valence electrons. The van der Waals surface area contributed by atoms with Crippen LogP contribution in [0.2, 0.25) is 0 Å². The normalized spacial score (nSPS) is 22.4. The van der Waals surface area contributed by atoms with E-state index in [4.69, 9.17) is 9.47 Å². The number of carbonyl (C=O) groups is 2. The lowest BCUT2D eigenvalue weighted by molar-refractivity contribution is -0.149. The highest BCUT2D eigenvalue weighted by atomic mass is 16.5. The molecule has 6 heteroatoms. The molecule has 1 atom stereocenters. The van der Waals surface area contributed by atoms with Gasteiger partial charge in [-0.1, -0.05) is 36.9 Å². The summed E-state index contributed by atoms with van der Waals surface area (Å²) in [7, 11) is 0. The first-order valence-corrected chi connectivity index (χ1v) is 9.40. The Morgan fingerprint density at radius 3 is 2.63 bits per heavy atom. The summed E-state index contributed by atoms with van der Waals surface area (Å²) in [6, 6.07) is 8.38. The lowest BCUT2D eigenvalue weighted by Crippen LogP contribution is -2.49. The molecule has 2 fully saturated rings. The summed E-state index contributed by atoms with van der Waals surface area (Å²) >= 11 is 0. The van der Waals surface area contributed by atoms with Crippen LogP contribution in [0.15, 0.2) is 42.6 Å². The average Bonchev–Trinajstić information content (AvgIpc) is 3.00. The molecule has 1 amide bonds. The summed E-state index contributed by atoms with van der Waals surface area (Å²) in [5.74, 6) is -0.456. The number of carbonyl (C=O) groups excluding carboxylic acids is 2. The first-order chi connectivity index (χ1) is 13.2. The molecule has 0 aliphatic carbocycles. The lowest BCUT2D eigenvalue weighted by Gasteiger charge is -2.35. The number of hydrogen-bond acceptors (Lipinski definition) is 5. The van der Waals surface area contributed by atoms with Gasteiger partial charge in [-0.15, -0.1) is 0 Å². The molecule has 3 aliphatic heterocycles. The van der Waals surface area contributed by atoms with Gasteiger partial charge < -0.3 is 14.4 Å². The molecule has 1 aromatic rings. The maximum absolute atomic E-state index is 12.5. The highest BCUT2D eigenvalue weighted by Crippen LogP contribution is 2.43. The van der Waals surface area contributed by atoms with Crippen molar-refractivity contribution in [2.75, 3.05) is 32.9 Å². The zero-order chi connectivity index (χ0) is 18.8. The minimum Gasteiger partial charge on any atom is -0.457 e. The first kappa shape index (κ1) is 17.9. The Labute approximate surface area is 159 Å². The van der Waals surface area contributed by atoms with Crippen molar-refractivity contribution in [3.8, 4) is 0 Å². The van der Waals surface area contributed by atoms with Crippen molar-refractivity contribution in [1.29, 1.82) is 0 Å². The van der Waals surface area contributed by atoms with Gasteiger partial charge in [0.1, 0.15) is 12.3 Å². The third kappa shape index (κ3) is 3.55. The van der Waals surface area contributed by atoms with Crippen LogP contribution < -0.4 is 0 Å². The van der Waals surface area contributed by atoms with E-state index in [-0.39, 0.29) is 18.6 Å². The monoisotopic (exact) mass is 368 g/mol. The number of fused-ring (bicyclic) bond motifs is 1. The Morgan fingerprint density at radius 2 is 1.96 bits per heavy atom. The number of rotatable bonds is 6. The zero-order valence-electron chi connectivity index (χ0n) is 15.4. The summed E-state index contributed by atoms with van der Waals surface area (Å²) in [4.78, 5) is 28.5. The largest absolute Gasteiger partial charge is 0.457 e. The third-order valence-electron chi connectivity index (χ3n) is 5.35. The standard InChI is InChI=1S/C21H24N2O4/c1-2-9-27-21(25)20-18(12-17-13-19(24)23(17)20)16-5-3-15(4-6-16)14-22-7-10-26-11-8-22/h2-6,17H,1,7-14H2. The van der Waals surface area contributed by atoms with Crippen LogP contribution in [0.25, 0.3) is 5.57 Å². The number of benzene rings is 1. The number of morpholine rings is 1. The summed E-state index contributed by atoms with van der Waals surface area (Å²) in [5, 5.41) is 0. The van der Waals surface area contributed by atoms with E-state index in [1.54, 1.807) is 4.90 Å². The number of esters is 1. The first-order valence-electron chi connectivity index (χ1n) is 9.40. The molecule has 0 N–H and O–H groups in total. The fourth-order valence-electron chi connectivity index (χ4n) is 3.94. The Balaban J connectivity index is 1.54. The summed E-state index contributed by atoms with van der Waals surface area (Å²) in [5.41, 5.74) is 3.51. The van der Waals surface area contributed by atoms with E-state index in [2.05, 4.69) is 23.6 Å². The van der Waals surface area contributed by atoms with Crippen molar-refractivity contribution in [3.63, 3.8) is 0 Å². The molecule has 0 aromatic heterocycles. The second-order valence-corrected chi connectivity index (χ2v) is 7.13. The number of amides is 1. The van der Waals surface area contributed by atoms with Crippen LogP contribution in [0.1, 0.15) is 24.0 Å². The minimum atomic E-state index is -0.446. The van der Waals surface area contributed by atoms with Gasteiger partial charge in [-0.05, 0) is 23.1 Å². The molecule has 0 spiro atoms. The second kappa shape index (κ2) is 7.66. The van der Waals surface area contributed by atoms with E-state index < -0.39 is 5.97 Å². The molecule has 3 heterocycles. The van der Waals surface area contributed by atoms with Crippen LogP contribution in [-0.4, -0.2) is 60.6 Å². The van der Waals surface area contributed by atoms with Crippen molar-refractivity contribution in [1.82, 2.24) is 9.80 Å². The van der Waals surface area contributed by atoms with Crippen LogP contribution in [0.4, 0.5) is 0 Å². The summed E-state index contributed by atoms with van der Waals surface area (Å²) < 4.78 is 10.6. The maximum atomic E-state index is 12.5. The van der Waals surface area contributed by atoms with Gasteiger partial charge in [0.15, 0.2) is 0 Å². The van der Waals surface area contributed by atoms with Crippen molar-refractivity contribution in [2.45, 2.75) is 25.4 Å². The summed E-state index contributed by atoms with van der Waals surface area (Å²) in [6.45, 7) is 8.07. The lowest BCUT2D eigenvalue weighted by atomic mass is 9.96. The van der Waals surface area contributed by atoms with E-state index in [1.165, 1.54) is 11.6 Å². The van der Waals surface area contributed by atoms with E-state index >= 15 is 0 Å². The predicted molar refractivity (Wildman–Crippen MR) is 100 cm³/mol. The molecule has 0 radical (unpaired) electrons. The molecule has 3 aliphatic rings. The minimum absolute atomic E-state index is 0.00973. The van der Waals surface area contributed by atoms with Crippen molar-refractivity contribution in [2.24, 2.45) is 0 Å². The van der Waals surface area contributed by atoms with Gasteiger partial charge in [-0.2, -0.15) is 0 Å². The van der Waals surface area contributed by atoms with Gasteiger partial charge in [0.2, 0.25) is 5.91 Å². The van der Waals surface area contributed by atoms with E-state index in [0.29, 0.717) is 18.5 Å². The summed E-state index contributed by atoms with van der Waals surface area (Å²) in [6.07, 6.45) is 2.73. The number of ether oxygens (including phenoxy) is 2. The fourth-order valence-corrected chi connectivity index (χ4v) is 3.94. The van der Waals surface area contributed by atoms with Gasteiger partial charge in [0, 0.05) is 26.1 Å².